The van der Waals surface area contributed by atoms with Gasteiger partial charge in [-0.1, -0.05) is 113 Å². The highest BCUT2D eigenvalue weighted by Crippen LogP contribution is 2.45. The number of carbonyl (C=O) groups is 2. The summed E-state index contributed by atoms with van der Waals surface area (Å²) in [6.07, 6.45) is 18.7. The smallest absolute Gasteiger partial charge is 0.328 e. The molecule has 0 saturated carbocycles. The number of unbranched alkanes of at least 4 members (excludes halogenated alkanes) is 9. The Bertz CT molecular complexity index is 1760. The highest BCUT2D eigenvalue weighted by molar-refractivity contribution is 5.92. The van der Waals surface area contributed by atoms with Gasteiger partial charge >= 0.3 is 5.97 Å². The molecule has 1 amide bonds. The molecular weight excluding hydrogens is 642 g/mol. The highest BCUT2D eigenvalue weighted by atomic mass is 16.5. The van der Waals surface area contributed by atoms with E-state index >= 15 is 0 Å². The molecule has 4 rings (SSSR count). The molecule has 0 aliphatic rings. The van der Waals surface area contributed by atoms with E-state index in [-0.39, 0.29) is 5.91 Å². The quantitative estimate of drug-likeness (QED) is 0.0587. The maximum absolute atomic E-state index is 12.5. The Balaban J connectivity index is 1.47. The number of rotatable bonds is 21. The van der Waals surface area contributed by atoms with Gasteiger partial charge in [0.05, 0.1) is 38.3 Å². The molecule has 0 atom stereocenters. The second-order valence-corrected chi connectivity index (χ2v) is 12.4. The van der Waals surface area contributed by atoms with Gasteiger partial charge in [-0.15, -0.1) is 0 Å². The standard InChI is InChI=1S/C42H51N3O6/c1-5-6-7-8-9-10-11-12-13-14-29-43-36(46)27-19-30-15-21-32(22-16-30)38-39(33-23-17-31(18-24-33)20-28-37(47)48)45-42(44-38)34-25-26-35(49-2)41(51-4)40(34)50-3/h15-28H,5-14,29H2,1-4H3,(H,43,46)(H,44,45)(H,47,48)/b27-19+,28-20?. The monoisotopic (exact) mass is 693 g/mol. The van der Waals surface area contributed by atoms with Crippen molar-refractivity contribution in [3.05, 3.63) is 83.9 Å². The lowest BCUT2D eigenvalue weighted by molar-refractivity contribution is -0.131. The van der Waals surface area contributed by atoms with Crippen LogP contribution in [0, 0.1) is 0 Å². The topological polar surface area (TPSA) is 123 Å². The molecular formula is C42H51N3O6. The molecule has 0 radical (unpaired) electrons. The van der Waals surface area contributed by atoms with E-state index in [2.05, 4.69) is 17.2 Å². The van der Waals surface area contributed by atoms with Crippen LogP contribution in [0.5, 0.6) is 17.2 Å². The number of benzene rings is 3. The number of aliphatic carboxylic acids is 1. The third-order valence-corrected chi connectivity index (χ3v) is 8.72. The van der Waals surface area contributed by atoms with Crippen molar-refractivity contribution < 1.29 is 28.9 Å². The number of carbonyl (C=O) groups excluding carboxylic acids is 1. The SMILES string of the molecule is CCCCCCCCCCCCNC(=O)/C=C/c1ccc(-c2nc(-c3ccc(OC)c(OC)c3OC)[nH]c2-c2ccc(C=CC(=O)O)cc2)cc1. The number of H-pyrrole nitrogens is 1. The molecule has 1 aromatic heterocycles. The molecule has 270 valence electrons. The second kappa shape index (κ2) is 20.4. The number of nitrogens with zero attached hydrogens (tertiary/aromatic N) is 1. The van der Waals surface area contributed by atoms with Crippen LogP contribution in [0.4, 0.5) is 0 Å². The Morgan fingerprint density at radius 3 is 1.84 bits per heavy atom. The summed E-state index contributed by atoms with van der Waals surface area (Å²) in [6, 6.07) is 19.1. The first kappa shape index (κ1) is 38.5. The van der Waals surface area contributed by atoms with Gasteiger partial charge in [-0.3, -0.25) is 4.79 Å². The number of carboxylic acids is 1. The summed E-state index contributed by atoms with van der Waals surface area (Å²) in [7, 11) is 4.70. The lowest BCUT2D eigenvalue weighted by Crippen LogP contribution is -2.21. The summed E-state index contributed by atoms with van der Waals surface area (Å²) in [6.45, 7) is 2.93. The number of amides is 1. The Hall–Kier alpha value is -5.31. The van der Waals surface area contributed by atoms with Crippen LogP contribution in [0.25, 0.3) is 46.1 Å². The minimum atomic E-state index is -1.01. The van der Waals surface area contributed by atoms with Crippen molar-refractivity contribution in [2.75, 3.05) is 27.9 Å². The number of carboxylic acid groups (broad SMARTS) is 1. The van der Waals surface area contributed by atoms with Gasteiger partial charge in [-0.05, 0) is 41.8 Å². The van der Waals surface area contributed by atoms with E-state index in [1.165, 1.54) is 51.4 Å². The fourth-order valence-electron chi connectivity index (χ4n) is 5.94. The van der Waals surface area contributed by atoms with Crippen LogP contribution in [0.15, 0.2) is 72.8 Å². The van der Waals surface area contributed by atoms with Crippen molar-refractivity contribution in [2.24, 2.45) is 0 Å². The number of ether oxygens (including phenoxy) is 3. The number of hydrogen-bond acceptors (Lipinski definition) is 6. The van der Waals surface area contributed by atoms with E-state index in [0.717, 1.165) is 46.9 Å². The first-order chi connectivity index (χ1) is 24.9. The van der Waals surface area contributed by atoms with Crippen molar-refractivity contribution >= 4 is 24.0 Å². The second-order valence-electron chi connectivity index (χ2n) is 12.4. The average Bonchev–Trinajstić information content (AvgIpc) is 3.60. The molecule has 0 bridgehead atoms. The van der Waals surface area contributed by atoms with Gasteiger partial charge in [0, 0.05) is 29.8 Å². The molecule has 0 aliphatic heterocycles. The zero-order valence-electron chi connectivity index (χ0n) is 30.3. The van der Waals surface area contributed by atoms with Crippen molar-refractivity contribution in [3.63, 3.8) is 0 Å². The molecule has 0 aliphatic carbocycles. The van der Waals surface area contributed by atoms with Crippen molar-refractivity contribution in [1.29, 1.82) is 0 Å². The molecule has 9 nitrogen and oxygen atoms in total. The molecule has 1 heterocycles. The molecule has 51 heavy (non-hydrogen) atoms. The number of hydrogen-bond donors (Lipinski definition) is 3. The molecule has 0 saturated heterocycles. The summed E-state index contributed by atoms with van der Waals surface area (Å²) in [5.41, 5.74) is 5.54. The third-order valence-electron chi connectivity index (χ3n) is 8.72. The van der Waals surface area contributed by atoms with Crippen molar-refractivity contribution in [3.8, 4) is 51.2 Å². The van der Waals surface area contributed by atoms with Gasteiger partial charge in [-0.25, -0.2) is 9.78 Å². The fraction of sp³-hybridized carbons (Fsp3) is 0.357. The first-order valence-electron chi connectivity index (χ1n) is 17.9. The molecule has 0 unspecified atom stereocenters. The van der Waals surface area contributed by atoms with E-state index in [9.17, 15) is 9.59 Å². The minimum absolute atomic E-state index is 0.0975. The molecule has 0 spiro atoms. The van der Waals surface area contributed by atoms with Crippen LogP contribution < -0.4 is 19.5 Å². The summed E-state index contributed by atoms with van der Waals surface area (Å²) in [4.78, 5) is 32.0. The largest absolute Gasteiger partial charge is 0.493 e. The Morgan fingerprint density at radius 1 is 0.706 bits per heavy atom. The molecule has 4 aromatic rings. The maximum atomic E-state index is 12.5. The van der Waals surface area contributed by atoms with Gasteiger partial charge in [0.15, 0.2) is 11.5 Å². The number of aromatic amines is 1. The predicted molar refractivity (Wildman–Crippen MR) is 205 cm³/mol. The molecule has 3 N–H and O–H groups in total. The van der Waals surface area contributed by atoms with E-state index in [0.29, 0.717) is 40.9 Å². The summed E-state index contributed by atoms with van der Waals surface area (Å²) < 4.78 is 16.8. The van der Waals surface area contributed by atoms with Crippen LogP contribution in [0.2, 0.25) is 0 Å². The minimum Gasteiger partial charge on any atom is -0.493 e. The van der Waals surface area contributed by atoms with E-state index in [4.69, 9.17) is 24.3 Å². The van der Waals surface area contributed by atoms with E-state index in [1.54, 1.807) is 39.5 Å². The summed E-state index contributed by atoms with van der Waals surface area (Å²) >= 11 is 0. The normalized spacial score (nSPS) is 11.3. The molecule has 9 heteroatoms. The van der Waals surface area contributed by atoms with Crippen molar-refractivity contribution in [2.45, 2.75) is 71.1 Å². The Kier molecular flexibility index (Phi) is 15.4. The molecule has 3 aromatic carbocycles. The van der Waals surface area contributed by atoms with Gasteiger partial charge < -0.3 is 29.6 Å². The first-order valence-corrected chi connectivity index (χ1v) is 17.9. The van der Waals surface area contributed by atoms with Crippen molar-refractivity contribution in [1.82, 2.24) is 15.3 Å². The lowest BCUT2D eigenvalue weighted by atomic mass is 10.0. The van der Waals surface area contributed by atoms with Crippen LogP contribution in [-0.2, 0) is 9.59 Å². The Morgan fingerprint density at radius 2 is 1.27 bits per heavy atom. The number of nitrogens with one attached hydrogen (secondary N) is 2. The fourth-order valence-corrected chi connectivity index (χ4v) is 5.94. The van der Waals surface area contributed by atoms with E-state index < -0.39 is 5.97 Å². The van der Waals surface area contributed by atoms with E-state index in [1.807, 2.05) is 60.7 Å². The summed E-state index contributed by atoms with van der Waals surface area (Å²) in [5, 5.41) is 12.0. The van der Waals surface area contributed by atoms with Gasteiger partial charge in [0.2, 0.25) is 11.7 Å². The lowest BCUT2D eigenvalue weighted by Gasteiger charge is -2.14. The van der Waals surface area contributed by atoms with Crippen LogP contribution in [0.1, 0.15) is 82.3 Å². The predicted octanol–water partition coefficient (Wildman–Crippen LogP) is 9.58. The zero-order valence-corrected chi connectivity index (χ0v) is 30.3. The highest BCUT2D eigenvalue weighted by Gasteiger charge is 2.22. The molecule has 0 fully saturated rings. The number of methoxy groups -OCH3 is 3. The summed E-state index contributed by atoms with van der Waals surface area (Å²) in [5.74, 6) is 0.924. The Labute approximate surface area is 301 Å². The average molecular weight is 694 g/mol. The van der Waals surface area contributed by atoms with Gasteiger partial charge in [0.1, 0.15) is 5.82 Å². The van der Waals surface area contributed by atoms with Gasteiger partial charge in [0.25, 0.3) is 0 Å². The third kappa shape index (κ3) is 11.4. The zero-order chi connectivity index (χ0) is 36.4. The van der Waals surface area contributed by atoms with Crippen LogP contribution >= 0.6 is 0 Å². The maximum Gasteiger partial charge on any atom is 0.328 e. The number of imidazole rings is 1. The van der Waals surface area contributed by atoms with Crippen LogP contribution in [-0.4, -0.2) is 54.8 Å². The number of aromatic nitrogens is 2. The van der Waals surface area contributed by atoms with Gasteiger partial charge in [-0.2, -0.15) is 0 Å². The van der Waals surface area contributed by atoms with Crippen LogP contribution in [0.3, 0.4) is 0 Å².